The summed E-state index contributed by atoms with van der Waals surface area (Å²) in [5.41, 5.74) is 0.0617. The molecular weight excluding hydrogens is 356 g/mol. The summed E-state index contributed by atoms with van der Waals surface area (Å²) in [7, 11) is 0. The van der Waals surface area contributed by atoms with E-state index in [1.54, 1.807) is 0 Å². The van der Waals surface area contributed by atoms with Gasteiger partial charge in [-0.25, -0.2) is 4.39 Å². The van der Waals surface area contributed by atoms with Crippen LogP contribution in [0.15, 0.2) is 18.2 Å². The zero-order chi connectivity index (χ0) is 14.3. The first-order valence-electron chi connectivity index (χ1n) is 4.85. The molecule has 7 heteroatoms. The van der Waals surface area contributed by atoms with Crippen molar-refractivity contribution in [2.24, 2.45) is 0 Å². The number of rotatable bonds is 1. The molecule has 0 saturated heterocycles. The molecular formula is C12H4Cl5FO. The van der Waals surface area contributed by atoms with Crippen molar-refractivity contribution in [1.29, 1.82) is 0 Å². The standard InChI is InChI=1S/C12H4Cl5FO/c13-7-6(4-2-1-3-5(19)12(4)18)8(14)10(16)11(17)9(7)15/h1-3,19H. The number of aromatic hydroxyl groups is 1. The van der Waals surface area contributed by atoms with Gasteiger partial charge >= 0.3 is 0 Å². The summed E-state index contributed by atoms with van der Waals surface area (Å²) >= 11 is 29.7. The molecule has 0 aliphatic rings. The van der Waals surface area contributed by atoms with Crippen molar-refractivity contribution in [3.8, 4) is 16.9 Å². The maximum absolute atomic E-state index is 13.9. The van der Waals surface area contributed by atoms with Crippen molar-refractivity contribution in [2.45, 2.75) is 0 Å². The second-order valence-corrected chi connectivity index (χ2v) is 5.47. The van der Waals surface area contributed by atoms with Crippen molar-refractivity contribution >= 4 is 58.0 Å². The first-order chi connectivity index (χ1) is 8.86. The molecule has 2 aromatic rings. The molecule has 0 unspecified atom stereocenters. The molecule has 2 rings (SSSR count). The van der Waals surface area contributed by atoms with Crippen molar-refractivity contribution in [3.63, 3.8) is 0 Å². The van der Waals surface area contributed by atoms with Gasteiger partial charge in [0.15, 0.2) is 11.6 Å². The summed E-state index contributed by atoms with van der Waals surface area (Å²) in [5, 5.41) is 9.23. The SMILES string of the molecule is Oc1cccc(-c2c(Cl)c(Cl)c(Cl)c(Cl)c2Cl)c1F. The van der Waals surface area contributed by atoms with Gasteiger partial charge in [0, 0.05) is 11.1 Å². The molecule has 0 amide bonds. The smallest absolute Gasteiger partial charge is 0.172 e. The molecule has 0 saturated carbocycles. The lowest BCUT2D eigenvalue weighted by Gasteiger charge is -2.13. The highest BCUT2D eigenvalue weighted by Gasteiger charge is 2.23. The fourth-order valence-corrected chi connectivity index (χ4v) is 2.90. The summed E-state index contributed by atoms with van der Waals surface area (Å²) in [6.07, 6.45) is 0. The van der Waals surface area contributed by atoms with Gasteiger partial charge in [0.2, 0.25) is 0 Å². The third kappa shape index (κ3) is 2.48. The fraction of sp³-hybridized carbons (Fsp3) is 0. The van der Waals surface area contributed by atoms with Crippen molar-refractivity contribution in [1.82, 2.24) is 0 Å². The number of phenols is 1. The molecule has 0 heterocycles. The van der Waals surface area contributed by atoms with Crippen molar-refractivity contribution in [2.75, 3.05) is 0 Å². The second kappa shape index (κ2) is 5.55. The Morgan fingerprint density at radius 1 is 0.789 bits per heavy atom. The van der Waals surface area contributed by atoms with E-state index in [-0.39, 0.29) is 36.2 Å². The number of phenolic OH excluding ortho intramolecular Hbond substituents is 1. The van der Waals surface area contributed by atoms with Gasteiger partial charge in [0.25, 0.3) is 0 Å². The van der Waals surface area contributed by atoms with Crippen LogP contribution in [-0.4, -0.2) is 5.11 Å². The minimum absolute atomic E-state index is 0.0114. The zero-order valence-corrected chi connectivity index (χ0v) is 12.7. The minimum Gasteiger partial charge on any atom is -0.505 e. The summed E-state index contributed by atoms with van der Waals surface area (Å²) in [4.78, 5) is 0. The highest BCUT2D eigenvalue weighted by atomic mass is 35.5. The van der Waals surface area contributed by atoms with Crippen LogP contribution >= 0.6 is 58.0 Å². The number of hydrogen-bond donors (Lipinski definition) is 1. The quantitative estimate of drug-likeness (QED) is 0.457. The summed E-state index contributed by atoms with van der Waals surface area (Å²) in [6, 6.07) is 4.03. The van der Waals surface area contributed by atoms with Crippen LogP contribution in [0, 0.1) is 5.82 Å². The lowest BCUT2D eigenvalue weighted by atomic mass is 10.0. The van der Waals surface area contributed by atoms with E-state index in [9.17, 15) is 9.50 Å². The van der Waals surface area contributed by atoms with Crippen LogP contribution in [0.25, 0.3) is 11.1 Å². The maximum atomic E-state index is 13.9. The van der Waals surface area contributed by atoms with Gasteiger partial charge in [-0.3, -0.25) is 0 Å². The van der Waals surface area contributed by atoms with Gasteiger partial charge in [-0.05, 0) is 6.07 Å². The van der Waals surface area contributed by atoms with Gasteiger partial charge in [-0.2, -0.15) is 0 Å². The predicted octanol–water partition coefficient (Wildman–Crippen LogP) is 6.47. The summed E-state index contributed by atoms with van der Waals surface area (Å²) < 4.78 is 13.9. The Hall–Kier alpha value is -0.380. The molecule has 100 valence electrons. The van der Waals surface area contributed by atoms with Crippen LogP contribution in [0.4, 0.5) is 4.39 Å². The largest absolute Gasteiger partial charge is 0.505 e. The predicted molar refractivity (Wildman–Crippen MR) is 78.6 cm³/mol. The van der Waals surface area contributed by atoms with Crippen molar-refractivity contribution in [3.05, 3.63) is 49.1 Å². The van der Waals surface area contributed by atoms with Crippen LogP contribution in [-0.2, 0) is 0 Å². The van der Waals surface area contributed by atoms with E-state index < -0.39 is 11.6 Å². The Morgan fingerprint density at radius 3 is 1.79 bits per heavy atom. The highest BCUT2D eigenvalue weighted by Crippen LogP contribution is 2.49. The maximum Gasteiger partial charge on any atom is 0.172 e. The van der Waals surface area contributed by atoms with Gasteiger partial charge in [0.1, 0.15) is 0 Å². The molecule has 2 aromatic carbocycles. The van der Waals surface area contributed by atoms with E-state index in [1.807, 2.05) is 0 Å². The van der Waals surface area contributed by atoms with Gasteiger partial charge < -0.3 is 5.11 Å². The van der Waals surface area contributed by atoms with Crippen LogP contribution in [0.1, 0.15) is 0 Å². The monoisotopic (exact) mass is 358 g/mol. The van der Waals surface area contributed by atoms with Crippen LogP contribution in [0.3, 0.4) is 0 Å². The van der Waals surface area contributed by atoms with Crippen LogP contribution in [0.2, 0.25) is 25.1 Å². The minimum atomic E-state index is -0.874. The van der Waals surface area contributed by atoms with Crippen LogP contribution in [0.5, 0.6) is 5.75 Å². The zero-order valence-electron chi connectivity index (χ0n) is 8.95. The molecule has 0 bridgehead atoms. The Bertz CT molecular complexity index is 643. The Labute approximate surface area is 133 Å². The number of benzene rings is 2. The number of halogens is 6. The first-order valence-corrected chi connectivity index (χ1v) is 6.74. The van der Waals surface area contributed by atoms with Gasteiger partial charge in [-0.15, -0.1) is 0 Å². The second-order valence-electron chi connectivity index (χ2n) is 3.58. The number of hydrogen-bond acceptors (Lipinski definition) is 1. The molecule has 0 aliphatic carbocycles. The van der Waals surface area contributed by atoms with Crippen molar-refractivity contribution < 1.29 is 9.50 Å². The lowest BCUT2D eigenvalue weighted by molar-refractivity contribution is 0.433. The molecule has 0 aliphatic heterocycles. The highest BCUT2D eigenvalue weighted by molar-refractivity contribution is 6.56. The molecule has 0 atom stereocenters. The molecule has 0 fully saturated rings. The summed E-state index contributed by atoms with van der Waals surface area (Å²) in [6.45, 7) is 0. The summed E-state index contributed by atoms with van der Waals surface area (Å²) in [5.74, 6) is -1.41. The molecule has 0 spiro atoms. The molecule has 1 N–H and O–H groups in total. The topological polar surface area (TPSA) is 20.2 Å². The Kier molecular flexibility index (Phi) is 4.38. The lowest BCUT2D eigenvalue weighted by Crippen LogP contribution is -1.90. The molecule has 1 nitrogen and oxygen atoms in total. The Balaban J connectivity index is 2.87. The fourth-order valence-electron chi connectivity index (χ4n) is 1.55. The van der Waals surface area contributed by atoms with Gasteiger partial charge in [0.05, 0.1) is 25.1 Å². The van der Waals surface area contributed by atoms with E-state index in [4.69, 9.17) is 58.0 Å². The van der Waals surface area contributed by atoms with Gasteiger partial charge in [-0.1, -0.05) is 70.1 Å². The van der Waals surface area contributed by atoms with E-state index in [2.05, 4.69) is 0 Å². The molecule has 19 heavy (non-hydrogen) atoms. The van der Waals surface area contributed by atoms with E-state index in [1.165, 1.54) is 18.2 Å². The molecule has 0 aromatic heterocycles. The average Bonchev–Trinajstić information content (AvgIpc) is 2.39. The third-order valence-electron chi connectivity index (χ3n) is 2.46. The normalized spacial score (nSPS) is 10.8. The average molecular weight is 360 g/mol. The van der Waals surface area contributed by atoms with E-state index in [0.717, 1.165) is 0 Å². The van der Waals surface area contributed by atoms with Crippen LogP contribution < -0.4 is 0 Å². The third-order valence-corrected chi connectivity index (χ3v) is 4.73. The molecule has 0 radical (unpaired) electrons. The van der Waals surface area contributed by atoms with E-state index in [0.29, 0.717) is 0 Å². The van der Waals surface area contributed by atoms with E-state index >= 15 is 0 Å². The first kappa shape index (κ1) is 15.0. The Morgan fingerprint density at radius 2 is 1.26 bits per heavy atom.